The fourth-order valence-electron chi connectivity index (χ4n) is 4.29. The summed E-state index contributed by atoms with van der Waals surface area (Å²) in [7, 11) is 0. The average molecular weight is 388 g/mol. The Labute approximate surface area is 164 Å². The molecule has 2 aromatic rings. The molecular formula is C22H26FNO2S. The third kappa shape index (κ3) is 3.86. The van der Waals surface area contributed by atoms with Crippen molar-refractivity contribution in [3.8, 4) is 5.75 Å². The first-order valence-corrected chi connectivity index (χ1v) is 10.4. The number of aryl methyl sites for hydroxylation is 1. The van der Waals surface area contributed by atoms with Gasteiger partial charge in [0.1, 0.15) is 11.6 Å². The quantitative estimate of drug-likeness (QED) is 0.770. The van der Waals surface area contributed by atoms with E-state index in [0.29, 0.717) is 6.42 Å². The Hall–Kier alpha value is -1.56. The second kappa shape index (κ2) is 7.46. The van der Waals surface area contributed by atoms with E-state index in [9.17, 15) is 9.50 Å². The molecule has 0 aliphatic carbocycles. The first kappa shape index (κ1) is 18.8. The average Bonchev–Trinajstić information content (AvgIpc) is 3.18. The van der Waals surface area contributed by atoms with Crippen molar-refractivity contribution in [2.24, 2.45) is 0 Å². The molecule has 27 heavy (non-hydrogen) atoms. The Morgan fingerprint density at radius 2 is 2.04 bits per heavy atom. The lowest BCUT2D eigenvalue weighted by Crippen LogP contribution is -2.33. The molecule has 2 aromatic carbocycles. The topological polar surface area (TPSA) is 32.7 Å². The van der Waals surface area contributed by atoms with Crippen LogP contribution in [0.25, 0.3) is 0 Å². The third-order valence-corrected chi connectivity index (χ3v) is 6.69. The molecule has 0 saturated carbocycles. The van der Waals surface area contributed by atoms with Gasteiger partial charge in [0, 0.05) is 12.1 Å². The SMILES string of the molecule is CC1(C)Oc2ccc(C3CCC(CCc4ccccc4F)N3CO)cc2S1. The summed E-state index contributed by atoms with van der Waals surface area (Å²) in [6.07, 6.45) is 3.58. The van der Waals surface area contributed by atoms with E-state index in [-0.39, 0.29) is 29.6 Å². The number of hydrogen-bond acceptors (Lipinski definition) is 4. The molecule has 5 heteroatoms. The van der Waals surface area contributed by atoms with Gasteiger partial charge in [-0.15, -0.1) is 0 Å². The van der Waals surface area contributed by atoms with Gasteiger partial charge in [-0.25, -0.2) is 4.39 Å². The molecule has 0 aromatic heterocycles. The van der Waals surface area contributed by atoms with E-state index in [1.54, 1.807) is 17.8 Å². The monoisotopic (exact) mass is 387 g/mol. The maximum absolute atomic E-state index is 13.9. The predicted octanol–water partition coefficient (Wildman–Crippen LogP) is 5.13. The number of thioether (sulfide) groups is 1. The lowest BCUT2D eigenvalue weighted by Gasteiger charge is -2.28. The van der Waals surface area contributed by atoms with Crippen molar-refractivity contribution >= 4 is 11.8 Å². The summed E-state index contributed by atoms with van der Waals surface area (Å²) in [5.41, 5.74) is 1.98. The number of halogens is 1. The minimum absolute atomic E-state index is 0.0266. The minimum atomic E-state index is -0.227. The van der Waals surface area contributed by atoms with Crippen molar-refractivity contribution in [3.63, 3.8) is 0 Å². The largest absolute Gasteiger partial charge is 0.476 e. The van der Waals surface area contributed by atoms with Gasteiger partial charge in [0.25, 0.3) is 0 Å². The van der Waals surface area contributed by atoms with E-state index in [4.69, 9.17) is 4.74 Å². The Kier molecular flexibility index (Phi) is 5.19. The fourth-order valence-corrected chi connectivity index (χ4v) is 5.35. The second-order valence-electron chi connectivity index (χ2n) is 7.84. The fraction of sp³-hybridized carbons (Fsp3) is 0.455. The van der Waals surface area contributed by atoms with Crippen LogP contribution in [-0.2, 0) is 6.42 Å². The highest BCUT2D eigenvalue weighted by Crippen LogP contribution is 2.49. The maximum Gasteiger partial charge on any atom is 0.153 e. The molecule has 2 aliphatic heterocycles. The van der Waals surface area contributed by atoms with Crippen molar-refractivity contribution in [1.82, 2.24) is 4.90 Å². The van der Waals surface area contributed by atoms with Crippen molar-refractivity contribution in [2.45, 2.75) is 61.4 Å². The van der Waals surface area contributed by atoms with Crippen molar-refractivity contribution < 1.29 is 14.2 Å². The number of fused-ring (bicyclic) bond motifs is 1. The van der Waals surface area contributed by atoms with E-state index >= 15 is 0 Å². The van der Waals surface area contributed by atoms with Crippen LogP contribution in [0.3, 0.4) is 0 Å². The first-order chi connectivity index (χ1) is 13.0. The molecular weight excluding hydrogens is 361 g/mol. The van der Waals surface area contributed by atoms with Gasteiger partial charge in [0.05, 0.1) is 11.6 Å². The molecule has 0 spiro atoms. The van der Waals surface area contributed by atoms with Gasteiger partial charge in [-0.1, -0.05) is 36.0 Å². The standard InChI is InChI=1S/C22H26FNO2S/c1-22(2)26-20-12-8-16(13-21(20)27-22)19-11-10-17(24(19)14-25)9-7-15-5-3-4-6-18(15)23/h3-6,8,12-13,17,19,25H,7,9-11,14H2,1-2H3. The van der Waals surface area contributed by atoms with Crippen LogP contribution in [0, 0.1) is 5.82 Å². The Morgan fingerprint density at radius 3 is 2.81 bits per heavy atom. The van der Waals surface area contributed by atoms with Gasteiger partial charge < -0.3 is 9.84 Å². The number of benzene rings is 2. The van der Waals surface area contributed by atoms with Gasteiger partial charge in [0.15, 0.2) is 4.93 Å². The van der Waals surface area contributed by atoms with Crippen LogP contribution in [-0.4, -0.2) is 27.7 Å². The molecule has 2 unspecified atom stereocenters. The van der Waals surface area contributed by atoms with Gasteiger partial charge >= 0.3 is 0 Å². The molecule has 1 fully saturated rings. The summed E-state index contributed by atoms with van der Waals surface area (Å²) in [4.78, 5) is 3.11. The molecule has 2 aliphatic rings. The number of ether oxygens (including phenoxy) is 1. The molecule has 1 N–H and O–H groups in total. The zero-order valence-electron chi connectivity index (χ0n) is 15.8. The van der Waals surface area contributed by atoms with E-state index < -0.39 is 0 Å². The highest BCUT2D eigenvalue weighted by atomic mass is 32.2. The summed E-state index contributed by atoms with van der Waals surface area (Å²) in [6.45, 7) is 4.18. The minimum Gasteiger partial charge on any atom is -0.476 e. The maximum atomic E-state index is 13.9. The van der Waals surface area contributed by atoms with Gasteiger partial charge in [-0.3, -0.25) is 4.90 Å². The molecule has 144 valence electrons. The molecule has 1 saturated heterocycles. The Bertz CT molecular complexity index is 826. The Balaban J connectivity index is 1.47. The van der Waals surface area contributed by atoms with Gasteiger partial charge in [-0.2, -0.15) is 0 Å². The number of nitrogens with zero attached hydrogens (tertiary/aromatic N) is 1. The molecule has 0 bridgehead atoms. The van der Waals surface area contributed by atoms with Crippen LogP contribution >= 0.6 is 11.8 Å². The smallest absolute Gasteiger partial charge is 0.153 e. The number of aliphatic hydroxyl groups is 1. The van der Waals surface area contributed by atoms with Crippen LogP contribution in [0.4, 0.5) is 4.39 Å². The van der Waals surface area contributed by atoms with Gasteiger partial charge in [-0.05, 0) is 68.9 Å². The van der Waals surface area contributed by atoms with Crippen LogP contribution in [0.5, 0.6) is 5.75 Å². The number of rotatable bonds is 5. The van der Waals surface area contributed by atoms with Crippen molar-refractivity contribution in [3.05, 3.63) is 59.4 Å². The highest BCUT2D eigenvalue weighted by Gasteiger charge is 2.36. The normalized spacial score (nSPS) is 24.0. The zero-order chi connectivity index (χ0) is 19.0. The van der Waals surface area contributed by atoms with Gasteiger partial charge in [0.2, 0.25) is 0 Å². The Morgan fingerprint density at radius 1 is 1.22 bits per heavy atom. The zero-order valence-corrected chi connectivity index (χ0v) is 16.6. The third-order valence-electron chi connectivity index (χ3n) is 5.57. The summed E-state index contributed by atoms with van der Waals surface area (Å²) < 4.78 is 19.8. The lowest BCUT2D eigenvalue weighted by atomic mass is 10.0. The summed E-state index contributed by atoms with van der Waals surface area (Å²) >= 11 is 1.74. The molecule has 3 nitrogen and oxygen atoms in total. The molecule has 0 amide bonds. The molecule has 2 atom stereocenters. The molecule has 2 heterocycles. The van der Waals surface area contributed by atoms with Crippen LogP contribution in [0.2, 0.25) is 0 Å². The predicted molar refractivity (Wildman–Crippen MR) is 106 cm³/mol. The molecule has 4 rings (SSSR count). The first-order valence-electron chi connectivity index (χ1n) is 9.59. The lowest BCUT2D eigenvalue weighted by molar-refractivity contribution is 0.0595. The second-order valence-corrected chi connectivity index (χ2v) is 9.47. The van der Waals surface area contributed by atoms with E-state index in [1.807, 2.05) is 12.1 Å². The highest BCUT2D eigenvalue weighted by molar-refractivity contribution is 8.00. The van der Waals surface area contributed by atoms with Crippen LogP contribution < -0.4 is 4.74 Å². The van der Waals surface area contributed by atoms with Crippen LogP contribution in [0.1, 0.15) is 50.3 Å². The van der Waals surface area contributed by atoms with E-state index in [1.165, 1.54) is 16.5 Å². The number of likely N-dealkylation sites (tertiary alicyclic amines) is 1. The number of hydrogen-bond donors (Lipinski definition) is 1. The summed E-state index contributed by atoms with van der Waals surface area (Å²) in [5.74, 6) is 0.805. The van der Waals surface area contributed by atoms with E-state index in [0.717, 1.165) is 30.6 Å². The number of aliphatic hydroxyl groups excluding tert-OH is 1. The summed E-state index contributed by atoms with van der Waals surface area (Å²) in [6, 6.07) is 13.8. The molecule has 0 radical (unpaired) electrons. The van der Waals surface area contributed by atoms with E-state index in [2.05, 4.69) is 36.9 Å². The van der Waals surface area contributed by atoms with Crippen molar-refractivity contribution in [2.75, 3.05) is 6.73 Å². The van der Waals surface area contributed by atoms with Crippen LogP contribution in [0.15, 0.2) is 47.4 Å². The van der Waals surface area contributed by atoms with Crippen molar-refractivity contribution in [1.29, 1.82) is 0 Å². The summed E-state index contributed by atoms with van der Waals surface area (Å²) in [5, 5.41) is 10.0.